The van der Waals surface area contributed by atoms with Crippen LogP contribution in [0.2, 0.25) is 5.02 Å². The van der Waals surface area contributed by atoms with Crippen LogP contribution in [0.3, 0.4) is 0 Å². The van der Waals surface area contributed by atoms with E-state index in [1.165, 1.54) is 6.20 Å². The van der Waals surface area contributed by atoms with Gasteiger partial charge in [-0.1, -0.05) is 29.8 Å². The van der Waals surface area contributed by atoms with Gasteiger partial charge < -0.3 is 16.4 Å². The maximum Gasteiger partial charge on any atom is 0.254 e. The van der Waals surface area contributed by atoms with Gasteiger partial charge in [0.2, 0.25) is 5.95 Å². The van der Waals surface area contributed by atoms with Gasteiger partial charge in [-0.15, -0.1) is 0 Å². The molecule has 0 unspecified atom stereocenters. The molecule has 9 heteroatoms. The third kappa shape index (κ3) is 4.04. The Hall–Kier alpha value is -3.13. The standard InChI is InChI=1S/C16H16ClN7O/c1-24-9-11(7-21-24)22-16-20-8-12(14(18)25)15(23-16)19-6-10-4-2-3-5-13(10)17/h2-5,7-9H,6H2,1H3,(H2,18,25)(H2,19,20,22,23). The van der Waals surface area contributed by atoms with Gasteiger partial charge in [-0.05, 0) is 11.6 Å². The zero-order chi connectivity index (χ0) is 17.8. The molecule has 0 aliphatic carbocycles. The Kier molecular flexibility index (Phi) is 4.80. The largest absolute Gasteiger partial charge is 0.365 e. The highest BCUT2D eigenvalue weighted by atomic mass is 35.5. The summed E-state index contributed by atoms with van der Waals surface area (Å²) in [6.45, 7) is 0.392. The van der Waals surface area contributed by atoms with Crippen LogP contribution in [-0.4, -0.2) is 25.7 Å². The van der Waals surface area contributed by atoms with Gasteiger partial charge in [-0.25, -0.2) is 4.98 Å². The topological polar surface area (TPSA) is 111 Å². The van der Waals surface area contributed by atoms with E-state index in [0.29, 0.717) is 23.3 Å². The van der Waals surface area contributed by atoms with E-state index >= 15 is 0 Å². The molecular formula is C16H16ClN7O. The molecule has 2 aromatic heterocycles. The van der Waals surface area contributed by atoms with E-state index in [1.807, 2.05) is 18.2 Å². The molecule has 3 rings (SSSR count). The molecule has 1 amide bonds. The van der Waals surface area contributed by atoms with Crippen LogP contribution >= 0.6 is 11.6 Å². The first-order chi connectivity index (χ1) is 12.0. The highest BCUT2D eigenvalue weighted by Gasteiger charge is 2.13. The maximum atomic E-state index is 11.6. The van der Waals surface area contributed by atoms with Gasteiger partial charge in [0.05, 0.1) is 17.4 Å². The summed E-state index contributed by atoms with van der Waals surface area (Å²) >= 11 is 6.15. The fraction of sp³-hybridized carbons (Fsp3) is 0.125. The summed E-state index contributed by atoms with van der Waals surface area (Å²) in [6, 6.07) is 7.41. The molecule has 1 aromatic carbocycles. The average Bonchev–Trinajstić information content (AvgIpc) is 2.99. The molecule has 0 saturated heterocycles. The number of hydrogen-bond donors (Lipinski definition) is 3. The van der Waals surface area contributed by atoms with E-state index < -0.39 is 5.91 Å². The smallest absolute Gasteiger partial charge is 0.254 e. The summed E-state index contributed by atoms with van der Waals surface area (Å²) in [5.41, 5.74) is 7.20. The number of nitrogens with one attached hydrogen (secondary N) is 2. The Bertz CT molecular complexity index is 909. The number of carbonyl (C=O) groups is 1. The van der Waals surface area contributed by atoms with Gasteiger partial charge in [0, 0.05) is 31.0 Å². The van der Waals surface area contributed by atoms with Crippen LogP contribution in [0, 0.1) is 0 Å². The Morgan fingerprint density at radius 1 is 1.32 bits per heavy atom. The van der Waals surface area contributed by atoms with Gasteiger partial charge in [-0.3, -0.25) is 9.48 Å². The van der Waals surface area contributed by atoms with Crippen molar-refractivity contribution in [3.63, 3.8) is 0 Å². The lowest BCUT2D eigenvalue weighted by Gasteiger charge is -2.11. The molecule has 2 heterocycles. The van der Waals surface area contributed by atoms with Gasteiger partial charge >= 0.3 is 0 Å². The monoisotopic (exact) mass is 357 g/mol. The van der Waals surface area contributed by atoms with Gasteiger partial charge in [0.25, 0.3) is 5.91 Å². The van der Waals surface area contributed by atoms with E-state index in [1.54, 1.807) is 30.2 Å². The van der Waals surface area contributed by atoms with E-state index in [9.17, 15) is 4.79 Å². The number of primary amides is 1. The van der Waals surface area contributed by atoms with Crippen LogP contribution in [-0.2, 0) is 13.6 Å². The summed E-state index contributed by atoms with van der Waals surface area (Å²) in [6.07, 6.45) is 4.80. The fourth-order valence-electron chi connectivity index (χ4n) is 2.19. The lowest BCUT2D eigenvalue weighted by atomic mass is 10.2. The number of anilines is 3. The number of nitrogens with zero attached hydrogens (tertiary/aromatic N) is 4. The lowest BCUT2D eigenvalue weighted by molar-refractivity contribution is 0.100. The second kappa shape index (κ2) is 7.18. The molecule has 0 radical (unpaired) electrons. The first-order valence-corrected chi connectivity index (χ1v) is 7.80. The number of amides is 1. The summed E-state index contributed by atoms with van der Waals surface area (Å²) in [7, 11) is 1.80. The van der Waals surface area contributed by atoms with Crippen molar-refractivity contribution in [2.75, 3.05) is 10.6 Å². The number of aryl methyl sites for hydroxylation is 1. The van der Waals surface area contributed by atoms with Crippen molar-refractivity contribution in [3.8, 4) is 0 Å². The maximum absolute atomic E-state index is 11.6. The molecule has 0 atom stereocenters. The van der Waals surface area contributed by atoms with Crippen molar-refractivity contribution in [2.24, 2.45) is 12.8 Å². The van der Waals surface area contributed by atoms with E-state index in [0.717, 1.165) is 11.3 Å². The molecule has 0 bridgehead atoms. The van der Waals surface area contributed by atoms with E-state index in [-0.39, 0.29) is 5.56 Å². The number of nitrogens with two attached hydrogens (primary N) is 1. The third-order valence-corrected chi connectivity index (χ3v) is 3.79. The zero-order valence-electron chi connectivity index (χ0n) is 13.4. The highest BCUT2D eigenvalue weighted by molar-refractivity contribution is 6.31. The van der Waals surface area contributed by atoms with Crippen LogP contribution in [0.4, 0.5) is 17.5 Å². The molecule has 0 fully saturated rings. The minimum absolute atomic E-state index is 0.198. The minimum atomic E-state index is -0.616. The first-order valence-electron chi connectivity index (χ1n) is 7.42. The van der Waals surface area contributed by atoms with Crippen LogP contribution in [0.5, 0.6) is 0 Å². The number of carbonyl (C=O) groups excluding carboxylic acids is 1. The number of aromatic nitrogens is 4. The van der Waals surface area contributed by atoms with Gasteiger partial charge in [0.1, 0.15) is 5.82 Å². The van der Waals surface area contributed by atoms with Gasteiger partial charge in [-0.2, -0.15) is 10.1 Å². The highest BCUT2D eigenvalue weighted by Crippen LogP contribution is 2.20. The SMILES string of the molecule is Cn1cc(Nc2ncc(C(N)=O)c(NCc3ccccc3Cl)n2)cn1. The van der Waals surface area contributed by atoms with Crippen molar-refractivity contribution >= 4 is 35.0 Å². The first kappa shape index (κ1) is 16.7. The summed E-state index contributed by atoms with van der Waals surface area (Å²) in [5, 5.41) is 10.8. The van der Waals surface area contributed by atoms with Crippen LogP contribution in [0.25, 0.3) is 0 Å². The molecule has 3 aromatic rings. The molecule has 0 aliphatic rings. The number of hydrogen-bond acceptors (Lipinski definition) is 6. The molecule has 25 heavy (non-hydrogen) atoms. The van der Waals surface area contributed by atoms with E-state index in [2.05, 4.69) is 25.7 Å². The van der Waals surface area contributed by atoms with Crippen LogP contribution in [0.15, 0.2) is 42.9 Å². The molecule has 4 N–H and O–H groups in total. The van der Waals surface area contributed by atoms with Crippen LogP contribution in [0.1, 0.15) is 15.9 Å². The van der Waals surface area contributed by atoms with Crippen molar-refractivity contribution in [1.29, 1.82) is 0 Å². The van der Waals surface area contributed by atoms with Crippen molar-refractivity contribution < 1.29 is 4.79 Å². The Morgan fingerprint density at radius 2 is 2.12 bits per heavy atom. The number of benzene rings is 1. The predicted molar refractivity (Wildman–Crippen MR) is 95.8 cm³/mol. The zero-order valence-corrected chi connectivity index (χ0v) is 14.2. The fourth-order valence-corrected chi connectivity index (χ4v) is 2.40. The molecule has 8 nitrogen and oxygen atoms in total. The third-order valence-electron chi connectivity index (χ3n) is 3.42. The lowest BCUT2D eigenvalue weighted by Crippen LogP contribution is -2.17. The summed E-state index contributed by atoms with van der Waals surface area (Å²) in [4.78, 5) is 20.1. The predicted octanol–water partition coefficient (Wildman–Crippen LogP) is 2.32. The summed E-state index contributed by atoms with van der Waals surface area (Å²) in [5.74, 6) is 0.0306. The number of halogens is 1. The second-order valence-electron chi connectivity index (χ2n) is 5.29. The quantitative estimate of drug-likeness (QED) is 0.624. The van der Waals surface area contributed by atoms with Crippen molar-refractivity contribution in [3.05, 3.63) is 59.0 Å². The molecule has 0 spiro atoms. The van der Waals surface area contributed by atoms with Gasteiger partial charge in [0.15, 0.2) is 0 Å². The Labute approximate surface area is 149 Å². The molecule has 0 saturated carbocycles. The number of rotatable bonds is 6. The summed E-state index contributed by atoms with van der Waals surface area (Å²) < 4.78 is 1.65. The molecule has 0 aliphatic heterocycles. The van der Waals surface area contributed by atoms with Crippen molar-refractivity contribution in [1.82, 2.24) is 19.7 Å². The Balaban J connectivity index is 1.83. The second-order valence-corrected chi connectivity index (χ2v) is 5.70. The normalized spacial score (nSPS) is 10.5. The van der Waals surface area contributed by atoms with Crippen molar-refractivity contribution in [2.45, 2.75) is 6.54 Å². The van der Waals surface area contributed by atoms with Crippen LogP contribution < -0.4 is 16.4 Å². The Morgan fingerprint density at radius 3 is 2.80 bits per heavy atom. The molecule has 128 valence electrons. The minimum Gasteiger partial charge on any atom is -0.365 e. The average molecular weight is 358 g/mol. The molecular weight excluding hydrogens is 342 g/mol. The van der Waals surface area contributed by atoms with E-state index in [4.69, 9.17) is 17.3 Å².